The van der Waals surface area contributed by atoms with E-state index in [2.05, 4.69) is 18.0 Å². The van der Waals surface area contributed by atoms with Crippen molar-refractivity contribution in [2.75, 3.05) is 0 Å². The summed E-state index contributed by atoms with van der Waals surface area (Å²) in [5, 5.41) is 0. The largest absolute Gasteiger partial charge is 0.430 e. The Labute approximate surface area is 60.7 Å². The molecule has 10 heavy (non-hydrogen) atoms. The van der Waals surface area contributed by atoms with Crippen LogP contribution in [0.2, 0.25) is 0 Å². The smallest absolute Gasteiger partial charge is 0.395 e. The summed E-state index contributed by atoms with van der Waals surface area (Å²) in [6.45, 7) is 0. The van der Waals surface area contributed by atoms with Crippen molar-refractivity contribution in [3.8, 4) is 0 Å². The second-order valence-corrected chi connectivity index (χ2v) is 1.97. The van der Waals surface area contributed by atoms with Crippen LogP contribution in [-0.2, 0) is 0 Å². The Bertz CT molecular complexity index is 172. The minimum Gasteiger partial charge on any atom is -0.395 e. The molecule has 0 saturated heterocycles. The van der Waals surface area contributed by atoms with Crippen molar-refractivity contribution < 1.29 is 13.2 Å². The molecule has 2 nitrogen and oxygen atoms in total. The molecule has 0 aromatic carbocycles. The molecule has 0 fully saturated rings. The Morgan fingerprint density at radius 1 is 1.30 bits per heavy atom. The van der Waals surface area contributed by atoms with Crippen molar-refractivity contribution in [2.24, 2.45) is 11.5 Å². The average molecular weight is 170 g/mol. The lowest BCUT2D eigenvalue weighted by atomic mass is 10.4. The predicted molar refractivity (Wildman–Crippen MR) is 35.1 cm³/mol. The van der Waals surface area contributed by atoms with E-state index in [0.717, 1.165) is 0 Å². The monoisotopic (exact) mass is 170 g/mol. The van der Waals surface area contributed by atoms with Crippen LogP contribution >= 0.6 is 12.2 Å². The first-order valence-corrected chi connectivity index (χ1v) is 2.58. The van der Waals surface area contributed by atoms with E-state index >= 15 is 0 Å². The third-order valence-corrected chi connectivity index (χ3v) is 0.743. The van der Waals surface area contributed by atoms with E-state index in [1.165, 1.54) is 0 Å². The van der Waals surface area contributed by atoms with E-state index in [9.17, 15) is 13.2 Å². The van der Waals surface area contributed by atoms with Crippen LogP contribution in [0.5, 0.6) is 0 Å². The standard InChI is InChI=1S/C4H5F3N2S/c5-4(6,7)2(8)1-3(9)10/h1H,8H2,(H2,9,10)/b2-1-. The SMILES string of the molecule is NC(=S)/C=C(\N)C(F)(F)F. The predicted octanol–water partition coefficient (Wildman–Crippen LogP) is 0.677. The van der Waals surface area contributed by atoms with Crippen LogP contribution < -0.4 is 11.5 Å². The van der Waals surface area contributed by atoms with Gasteiger partial charge in [-0.05, 0) is 0 Å². The van der Waals surface area contributed by atoms with Gasteiger partial charge in [-0.15, -0.1) is 0 Å². The fraction of sp³-hybridized carbons (Fsp3) is 0.250. The second-order valence-electron chi connectivity index (χ2n) is 1.50. The molecule has 0 aromatic heterocycles. The normalized spacial score (nSPS) is 13.3. The molecule has 58 valence electrons. The molecule has 0 amide bonds. The number of hydrogen-bond donors (Lipinski definition) is 2. The minimum absolute atomic E-state index is 0.380. The van der Waals surface area contributed by atoms with Gasteiger partial charge in [0.15, 0.2) is 0 Å². The Morgan fingerprint density at radius 2 is 1.70 bits per heavy atom. The lowest BCUT2D eigenvalue weighted by molar-refractivity contribution is -0.0925. The molecule has 0 aliphatic rings. The van der Waals surface area contributed by atoms with Crippen LogP contribution in [0.1, 0.15) is 0 Å². The third-order valence-electron chi connectivity index (χ3n) is 0.625. The molecule has 0 spiro atoms. The highest BCUT2D eigenvalue weighted by Crippen LogP contribution is 2.20. The molecule has 0 bridgehead atoms. The first kappa shape index (κ1) is 9.22. The van der Waals surface area contributed by atoms with Crippen molar-refractivity contribution in [2.45, 2.75) is 6.18 Å². The molecule has 6 heteroatoms. The molecule has 0 aliphatic heterocycles. The second kappa shape index (κ2) is 2.87. The van der Waals surface area contributed by atoms with E-state index in [0.29, 0.717) is 6.08 Å². The quantitative estimate of drug-likeness (QED) is 0.449. The minimum atomic E-state index is -4.54. The zero-order valence-corrected chi connectivity index (χ0v) is 5.59. The van der Waals surface area contributed by atoms with Crippen molar-refractivity contribution in [3.05, 3.63) is 11.8 Å². The van der Waals surface area contributed by atoms with Crippen LogP contribution in [0.15, 0.2) is 11.8 Å². The molecule has 0 aromatic rings. The number of halogens is 3. The summed E-state index contributed by atoms with van der Waals surface area (Å²) in [7, 11) is 0. The van der Waals surface area contributed by atoms with Crippen LogP contribution in [0.3, 0.4) is 0 Å². The molecular formula is C4H5F3N2S. The van der Waals surface area contributed by atoms with Gasteiger partial charge in [-0.1, -0.05) is 12.2 Å². The maximum Gasteiger partial charge on any atom is 0.430 e. The summed E-state index contributed by atoms with van der Waals surface area (Å²) in [6, 6.07) is 0. The third kappa shape index (κ3) is 3.29. The number of nitrogens with two attached hydrogens (primary N) is 2. The first-order chi connectivity index (χ1) is 4.34. The molecular weight excluding hydrogens is 165 g/mol. The number of rotatable bonds is 1. The number of hydrogen-bond acceptors (Lipinski definition) is 2. The van der Waals surface area contributed by atoms with Gasteiger partial charge in [0.2, 0.25) is 0 Å². The van der Waals surface area contributed by atoms with Gasteiger partial charge in [-0.3, -0.25) is 0 Å². The summed E-state index contributed by atoms with van der Waals surface area (Å²) >= 11 is 4.16. The molecule has 4 N–H and O–H groups in total. The van der Waals surface area contributed by atoms with Crippen molar-refractivity contribution >= 4 is 17.2 Å². The summed E-state index contributed by atoms with van der Waals surface area (Å²) in [5.74, 6) is 0. The van der Waals surface area contributed by atoms with Crippen LogP contribution in [0, 0.1) is 0 Å². The highest BCUT2D eigenvalue weighted by molar-refractivity contribution is 7.80. The number of allylic oxidation sites excluding steroid dienone is 1. The van der Waals surface area contributed by atoms with Crippen LogP contribution in [-0.4, -0.2) is 11.2 Å². The maximum absolute atomic E-state index is 11.5. The lowest BCUT2D eigenvalue weighted by Gasteiger charge is -2.04. The first-order valence-electron chi connectivity index (χ1n) is 2.18. The fourth-order valence-corrected chi connectivity index (χ4v) is 0.362. The van der Waals surface area contributed by atoms with Gasteiger partial charge in [0.05, 0.1) is 4.99 Å². The Morgan fingerprint density at radius 3 is 1.80 bits per heavy atom. The Balaban J connectivity index is 4.35. The van der Waals surface area contributed by atoms with Crippen molar-refractivity contribution in [3.63, 3.8) is 0 Å². The fourth-order valence-electron chi connectivity index (χ4n) is 0.235. The van der Waals surface area contributed by atoms with Gasteiger partial charge in [-0.2, -0.15) is 13.2 Å². The molecule has 0 saturated carbocycles. The van der Waals surface area contributed by atoms with E-state index in [4.69, 9.17) is 5.73 Å². The molecule has 0 atom stereocenters. The van der Waals surface area contributed by atoms with Gasteiger partial charge in [-0.25, -0.2) is 0 Å². The van der Waals surface area contributed by atoms with Gasteiger partial charge >= 0.3 is 6.18 Å². The molecule has 0 unspecified atom stereocenters. The zero-order chi connectivity index (χ0) is 8.36. The molecule has 0 heterocycles. The van der Waals surface area contributed by atoms with Crippen LogP contribution in [0.25, 0.3) is 0 Å². The van der Waals surface area contributed by atoms with E-state index in [-0.39, 0.29) is 4.99 Å². The number of alkyl halides is 3. The Kier molecular flexibility index (Phi) is 2.65. The van der Waals surface area contributed by atoms with E-state index < -0.39 is 11.9 Å². The Hall–Kier alpha value is -0.780. The molecule has 0 rings (SSSR count). The van der Waals surface area contributed by atoms with Crippen molar-refractivity contribution in [1.29, 1.82) is 0 Å². The molecule has 0 aliphatic carbocycles. The topological polar surface area (TPSA) is 52.0 Å². The maximum atomic E-state index is 11.5. The zero-order valence-electron chi connectivity index (χ0n) is 4.77. The summed E-state index contributed by atoms with van der Waals surface area (Å²) < 4.78 is 34.5. The molecule has 0 radical (unpaired) electrons. The van der Waals surface area contributed by atoms with Gasteiger partial charge < -0.3 is 11.5 Å². The summed E-state index contributed by atoms with van der Waals surface area (Å²) in [4.78, 5) is -0.380. The highest BCUT2D eigenvalue weighted by atomic mass is 32.1. The number of thiocarbonyl (C=S) groups is 1. The highest BCUT2D eigenvalue weighted by Gasteiger charge is 2.31. The lowest BCUT2D eigenvalue weighted by Crippen LogP contribution is -2.21. The van der Waals surface area contributed by atoms with E-state index in [1.807, 2.05) is 0 Å². The summed E-state index contributed by atoms with van der Waals surface area (Å²) in [6.07, 6.45) is -4.04. The van der Waals surface area contributed by atoms with E-state index in [1.54, 1.807) is 0 Å². The summed E-state index contributed by atoms with van der Waals surface area (Å²) in [5.41, 5.74) is 8.01. The van der Waals surface area contributed by atoms with Crippen molar-refractivity contribution in [1.82, 2.24) is 0 Å². The average Bonchev–Trinajstić information content (AvgIpc) is 1.60. The van der Waals surface area contributed by atoms with Gasteiger partial charge in [0.25, 0.3) is 0 Å². The van der Waals surface area contributed by atoms with Gasteiger partial charge in [0.1, 0.15) is 5.70 Å². The van der Waals surface area contributed by atoms with Gasteiger partial charge in [0, 0.05) is 6.08 Å². The van der Waals surface area contributed by atoms with Crippen LogP contribution in [0.4, 0.5) is 13.2 Å².